The number of hydrogen-bond acceptors (Lipinski definition) is 2. The predicted molar refractivity (Wildman–Crippen MR) is 84.2 cm³/mol. The van der Waals surface area contributed by atoms with Crippen LogP contribution in [0.4, 0.5) is 0 Å². The van der Waals surface area contributed by atoms with Gasteiger partial charge in [-0.15, -0.1) is 0 Å². The number of pyridine rings is 1. The maximum Gasteiger partial charge on any atom is 0.140 e. The zero-order valence-electron chi connectivity index (χ0n) is 12.3. The number of unbranched alkanes of at least 4 members (excludes halogenated alkanes) is 1. The Hall–Kier alpha value is -2.00. The molecule has 0 aliphatic heterocycles. The molecule has 0 radical (unpaired) electrons. The first-order valence-electron chi connectivity index (χ1n) is 7.85. The molecular formula is C16H21N5. The molecule has 110 valence electrons. The number of rotatable bonds is 6. The van der Waals surface area contributed by atoms with E-state index in [0.717, 1.165) is 24.9 Å². The Labute approximate surface area is 124 Å². The maximum atomic E-state index is 8.24. The quantitative estimate of drug-likeness (QED) is 0.325. The first-order valence-corrected chi connectivity index (χ1v) is 7.85. The number of hydrogen-bond donors (Lipinski definition) is 0. The van der Waals surface area contributed by atoms with Gasteiger partial charge in [0.05, 0.1) is 0 Å². The SMILES string of the molecule is [N-]=[N+]=NCCCCc1cnc2c(ccn2C2CCCC2)c1. The molecule has 1 saturated carbocycles. The zero-order chi connectivity index (χ0) is 14.5. The van der Waals surface area contributed by atoms with Crippen molar-refractivity contribution >= 4 is 11.0 Å². The van der Waals surface area contributed by atoms with Crippen LogP contribution in [0.1, 0.15) is 50.1 Å². The fourth-order valence-electron chi connectivity index (χ4n) is 3.26. The monoisotopic (exact) mass is 283 g/mol. The largest absolute Gasteiger partial charge is 0.329 e. The molecule has 0 saturated heterocycles. The van der Waals surface area contributed by atoms with Gasteiger partial charge in [-0.2, -0.15) is 0 Å². The smallest absolute Gasteiger partial charge is 0.140 e. The van der Waals surface area contributed by atoms with Crippen LogP contribution in [0.25, 0.3) is 21.5 Å². The highest BCUT2D eigenvalue weighted by Crippen LogP contribution is 2.32. The van der Waals surface area contributed by atoms with Gasteiger partial charge < -0.3 is 4.57 Å². The van der Waals surface area contributed by atoms with Gasteiger partial charge in [0.2, 0.25) is 0 Å². The second-order valence-corrected chi connectivity index (χ2v) is 5.83. The molecule has 0 atom stereocenters. The first-order chi connectivity index (χ1) is 10.4. The van der Waals surface area contributed by atoms with Gasteiger partial charge in [-0.3, -0.25) is 0 Å². The number of aryl methyl sites for hydroxylation is 1. The molecule has 0 amide bonds. The third-order valence-electron chi connectivity index (χ3n) is 4.37. The summed E-state index contributed by atoms with van der Waals surface area (Å²) in [7, 11) is 0. The summed E-state index contributed by atoms with van der Waals surface area (Å²) in [5.41, 5.74) is 10.6. The number of fused-ring (bicyclic) bond motifs is 1. The Morgan fingerprint density at radius 2 is 2.19 bits per heavy atom. The second kappa shape index (κ2) is 6.64. The van der Waals surface area contributed by atoms with Gasteiger partial charge in [0.15, 0.2) is 0 Å². The molecule has 0 spiro atoms. The summed E-state index contributed by atoms with van der Waals surface area (Å²) in [4.78, 5) is 7.45. The summed E-state index contributed by atoms with van der Waals surface area (Å²) in [6, 6.07) is 5.08. The molecule has 5 nitrogen and oxygen atoms in total. The molecule has 21 heavy (non-hydrogen) atoms. The lowest BCUT2D eigenvalue weighted by Crippen LogP contribution is -2.03. The first kappa shape index (κ1) is 14.0. The van der Waals surface area contributed by atoms with Crippen molar-refractivity contribution in [1.82, 2.24) is 9.55 Å². The Morgan fingerprint density at radius 3 is 3.00 bits per heavy atom. The molecule has 1 aliphatic rings. The van der Waals surface area contributed by atoms with Crippen molar-refractivity contribution in [3.05, 3.63) is 40.5 Å². The molecule has 0 aromatic carbocycles. The average molecular weight is 283 g/mol. The molecule has 3 rings (SSSR count). The van der Waals surface area contributed by atoms with E-state index in [9.17, 15) is 0 Å². The maximum absolute atomic E-state index is 8.24. The minimum Gasteiger partial charge on any atom is -0.329 e. The molecular weight excluding hydrogens is 262 g/mol. The lowest BCUT2D eigenvalue weighted by Gasteiger charge is -2.12. The minimum absolute atomic E-state index is 0.588. The van der Waals surface area contributed by atoms with E-state index in [4.69, 9.17) is 5.53 Å². The average Bonchev–Trinajstić information content (AvgIpc) is 3.15. The Balaban J connectivity index is 1.68. The molecule has 5 heteroatoms. The minimum atomic E-state index is 0.588. The summed E-state index contributed by atoms with van der Waals surface area (Å²) in [6.07, 6.45) is 12.4. The summed E-state index contributed by atoms with van der Waals surface area (Å²) >= 11 is 0. The van der Waals surface area contributed by atoms with Crippen molar-refractivity contribution in [2.24, 2.45) is 5.11 Å². The van der Waals surface area contributed by atoms with Crippen LogP contribution in [0.15, 0.2) is 29.6 Å². The Morgan fingerprint density at radius 1 is 1.33 bits per heavy atom. The van der Waals surface area contributed by atoms with Gasteiger partial charge in [0.1, 0.15) is 5.65 Å². The van der Waals surface area contributed by atoms with Gasteiger partial charge >= 0.3 is 0 Å². The van der Waals surface area contributed by atoms with E-state index >= 15 is 0 Å². The van der Waals surface area contributed by atoms with Gasteiger partial charge in [0.25, 0.3) is 0 Å². The van der Waals surface area contributed by atoms with Gasteiger partial charge in [-0.25, -0.2) is 4.98 Å². The van der Waals surface area contributed by atoms with E-state index in [0.29, 0.717) is 12.6 Å². The molecule has 2 heterocycles. The third kappa shape index (κ3) is 3.19. The highest BCUT2D eigenvalue weighted by atomic mass is 15.1. The Bertz CT molecular complexity index is 648. The van der Waals surface area contributed by atoms with Crippen LogP contribution in [-0.2, 0) is 6.42 Å². The van der Waals surface area contributed by atoms with Crippen molar-refractivity contribution in [1.29, 1.82) is 0 Å². The molecule has 0 N–H and O–H groups in total. The number of aromatic nitrogens is 2. The van der Waals surface area contributed by atoms with Crippen molar-refractivity contribution in [2.75, 3.05) is 6.54 Å². The van der Waals surface area contributed by atoms with Crippen molar-refractivity contribution in [3.63, 3.8) is 0 Å². The summed E-state index contributed by atoms with van der Waals surface area (Å²) < 4.78 is 2.35. The highest BCUT2D eigenvalue weighted by molar-refractivity contribution is 5.76. The normalized spacial score (nSPS) is 15.4. The molecule has 0 unspecified atom stereocenters. The molecule has 1 fully saturated rings. The zero-order valence-corrected chi connectivity index (χ0v) is 12.3. The van der Waals surface area contributed by atoms with E-state index in [-0.39, 0.29) is 0 Å². The Kier molecular flexibility index (Phi) is 4.41. The third-order valence-corrected chi connectivity index (χ3v) is 4.37. The molecule has 0 bridgehead atoms. The fraction of sp³-hybridized carbons (Fsp3) is 0.562. The van der Waals surface area contributed by atoms with Crippen molar-refractivity contribution in [2.45, 2.75) is 51.0 Å². The van der Waals surface area contributed by atoms with Gasteiger partial charge in [0, 0.05) is 35.3 Å². The van der Waals surface area contributed by atoms with Gasteiger partial charge in [-0.1, -0.05) is 18.0 Å². The van der Waals surface area contributed by atoms with Crippen LogP contribution >= 0.6 is 0 Å². The second-order valence-electron chi connectivity index (χ2n) is 5.83. The van der Waals surface area contributed by atoms with Gasteiger partial charge in [-0.05, 0) is 55.3 Å². The van der Waals surface area contributed by atoms with E-state index < -0.39 is 0 Å². The van der Waals surface area contributed by atoms with Crippen LogP contribution < -0.4 is 0 Å². The van der Waals surface area contributed by atoms with Crippen LogP contribution in [0, 0.1) is 0 Å². The van der Waals surface area contributed by atoms with Crippen LogP contribution in [0.3, 0.4) is 0 Å². The standard InChI is InChI=1S/C16H21N5/c17-20-19-9-4-3-5-13-11-14-8-10-21(16(14)18-12-13)15-6-1-2-7-15/h8,10-12,15H,1-7,9H2. The lowest BCUT2D eigenvalue weighted by atomic mass is 10.1. The van der Waals surface area contributed by atoms with E-state index in [1.807, 2.05) is 6.20 Å². The van der Waals surface area contributed by atoms with Crippen LogP contribution in [-0.4, -0.2) is 16.1 Å². The topological polar surface area (TPSA) is 66.6 Å². The predicted octanol–water partition coefficient (Wildman–Crippen LogP) is 4.78. The molecule has 2 aromatic heterocycles. The summed E-state index contributed by atoms with van der Waals surface area (Å²) in [5, 5.41) is 4.81. The van der Waals surface area contributed by atoms with Crippen LogP contribution in [0.5, 0.6) is 0 Å². The van der Waals surface area contributed by atoms with Crippen LogP contribution in [0.2, 0.25) is 0 Å². The summed E-state index contributed by atoms with van der Waals surface area (Å²) in [6.45, 7) is 0.588. The fourth-order valence-corrected chi connectivity index (χ4v) is 3.26. The molecule has 1 aliphatic carbocycles. The highest BCUT2D eigenvalue weighted by Gasteiger charge is 2.18. The number of azide groups is 1. The lowest BCUT2D eigenvalue weighted by molar-refractivity contribution is 0.532. The number of nitrogens with zero attached hydrogens (tertiary/aromatic N) is 5. The van der Waals surface area contributed by atoms with E-state index in [2.05, 4.69) is 37.9 Å². The summed E-state index contributed by atoms with van der Waals surface area (Å²) in [5.74, 6) is 0. The molecule has 2 aromatic rings. The van der Waals surface area contributed by atoms with E-state index in [1.165, 1.54) is 36.6 Å². The van der Waals surface area contributed by atoms with Crippen molar-refractivity contribution in [3.8, 4) is 0 Å². The van der Waals surface area contributed by atoms with Crippen molar-refractivity contribution < 1.29 is 0 Å². The van der Waals surface area contributed by atoms with E-state index in [1.54, 1.807) is 0 Å².